The molecule has 0 aromatic rings. The third kappa shape index (κ3) is 9.80. The molecule has 0 radical (unpaired) electrons. The van der Waals surface area contributed by atoms with Crippen LogP contribution in [0.5, 0.6) is 0 Å². The van der Waals surface area contributed by atoms with E-state index in [4.69, 9.17) is 4.74 Å². The Morgan fingerprint density at radius 2 is 2.15 bits per heavy atom. The van der Waals surface area contributed by atoms with Gasteiger partial charge in [0.2, 0.25) is 0 Å². The van der Waals surface area contributed by atoms with Crippen LogP contribution in [0.25, 0.3) is 0 Å². The highest BCUT2D eigenvalue weighted by Crippen LogP contribution is 1.98. The van der Waals surface area contributed by atoms with Crippen molar-refractivity contribution in [2.75, 3.05) is 26.3 Å². The van der Waals surface area contributed by atoms with Gasteiger partial charge >= 0.3 is 0 Å². The van der Waals surface area contributed by atoms with Crippen molar-refractivity contribution < 1.29 is 9.84 Å². The van der Waals surface area contributed by atoms with Crippen LogP contribution in [0.4, 0.5) is 0 Å². The van der Waals surface area contributed by atoms with E-state index >= 15 is 0 Å². The summed E-state index contributed by atoms with van der Waals surface area (Å²) in [6, 6.07) is 0. The lowest BCUT2D eigenvalue weighted by Crippen LogP contribution is -2.29. The lowest BCUT2D eigenvalue weighted by Gasteiger charge is -2.10. The number of rotatable bonds is 9. The number of hydrogen-bond acceptors (Lipinski definition) is 3. The molecule has 0 aliphatic heterocycles. The van der Waals surface area contributed by atoms with Crippen LogP contribution >= 0.6 is 0 Å². The Bertz CT molecular complexity index is 98.9. The first kappa shape index (κ1) is 12.9. The van der Waals surface area contributed by atoms with Gasteiger partial charge in [-0.3, -0.25) is 0 Å². The average Bonchev–Trinajstić information content (AvgIpc) is 2.14. The van der Waals surface area contributed by atoms with Crippen molar-refractivity contribution >= 4 is 0 Å². The Morgan fingerprint density at radius 1 is 1.38 bits per heavy atom. The molecule has 0 aliphatic carbocycles. The lowest BCUT2D eigenvalue weighted by molar-refractivity contribution is 0.133. The molecule has 13 heavy (non-hydrogen) atoms. The van der Waals surface area contributed by atoms with E-state index in [1.54, 1.807) is 0 Å². The molecule has 3 nitrogen and oxygen atoms in total. The minimum atomic E-state index is -0.193. The average molecular weight is 189 g/mol. The third-order valence-electron chi connectivity index (χ3n) is 1.90. The van der Waals surface area contributed by atoms with Crippen molar-refractivity contribution in [3.8, 4) is 0 Å². The summed E-state index contributed by atoms with van der Waals surface area (Å²) in [5, 5.41) is 12.6. The SMILES string of the molecule is CCCCC(O)CNCCOCC. The molecule has 0 spiro atoms. The predicted octanol–water partition coefficient (Wildman–Crippen LogP) is 1.16. The minimum absolute atomic E-state index is 0.193. The summed E-state index contributed by atoms with van der Waals surface area (Å²) in [5.41, 5.74) is 0. The Balaban J connectivity index is 3.03. The van der Waals surface area contributed by atoms with Crippen molar-refractivity contribution in [3.05, 3.63) is 0 Å². The van der Waals surface area contributed by atoms with Gasteiger partial charge in [-0.1, -0.05) is 19.8 Å². The fourth-order valence-electron chi connectivity index (χ4n) is 1.10. The maximum absolute atomic E-state index is 9.43. The largest absolute Gasteiger partial charge is 0.392 e. The maximum Gasteiger partial charge on any atom is 0.0664 e. The van der Waals surface area contributed by atoms with Crippen LogP contribution in [0.15, 0.2) is 0 Å². The number of ether oxygens (including phenoxy) is 1. The number of unbranched alkanes of at least 4 members (excludes halogenated alkanes) is 1. The molecule has 0 aliphatic rings. The van der Waals surface area contributed by atoms with Crippen LogP contribution < -0.4 is 5.32 Å². The molecule has 1 atom stereocenters. The number of aliphatic hydroxyl groups is 1. The monoisotopic (exact) mass is 189 g/mol. The first-order valence-corrected chi connectivity index (χ1v) is 5.27. The lowest BCUT2D eigenvalue weighted by atomic mass is 10.1. The normalized spacial score (nSPS) is 13.2. The Hall–Kier alpha value is -0.120. The van der Waals surface area contributed by atoms with Crippen LogP contribution in [-0.4, -0.2) is 37.5 Å². The molecular formula is C10H23NO2. The highest BCUT2D eigenvalue weighted by atomic mass is 16.5. The van der Waals surface area contributed by atoms with E-state index in [2.05, 4.69) is 12.2 Å². The molecule has 0 fully saturated rings. The van der Waals surface area contributed by atoms with Gasteiger partial charge in [0.15, 0.2) is 0 Å². The minimum Gasteiger partial charge on any atom is -0.392 e. The first-order chi connectivity index (χ1) is 6.31. The molecule has 80 valence electrons. The van der Waals surface area contributed by atoms with Crippen LogP contribution in [0, 0.1) is 0 Å². The van der Waals surface area contributed by atoms with Gasteiger partial charge in [-0.15, -0.1) is 0 Å². The topological polar surface area (TPSA) is 41.5 Å². The molecule has 3 heteroatoms. The van der Waals surface area contributed by atoms with Gasteiger partial charge in [-0.2, -0.15) is 0 Å². The molecule has 0 saturated heterocycles. The van der Waals surface area contributed by atoms with Crippen molar-refractivity contribution in [1.29, 1.82) is 0 Å². The van der Waals surface area contributed by atoms with Crippen LogP contribution in [-0.2, 0) is 4.74 Å². The summed E-state index contributed by atoms with van der Waals surface area (Å²) in [5.74, 6) is 0. The third-order valence-corrected chi connectivity index (χ3v) is 1.90. The van der Waals surface area contributed by atoms with Crippen molar-refractivity contribution in [2.45, 2.75) is 39.2 Å². The maximum atomic E-state index is 9.43. The van der Waals surface area contributed by atoms with E-state index in [1.165, 1.54) is 0 Å². The van der Waals surface area contributed by atoms with Crippen molar-refractivity contribution in [2.24, 2.45) is 0 Å². The molecule has 0 heterocycles. The summed E-state index contributed by atoms with van der Waals surface area (Å²) >= 11 is 0. The van der Waals surface area contributed by atoms with E-state index in [1.807, 2.05) is 6.92 Å². The molecular weight excluding hydrogens is 166 g/mol. The molecule has 2 N–H and O–H groups in total. The van der Waals surface area contributed by atoms with Gasteiger partial charge in [-0.05, 0) is 13.3 Å². The summed E-state index contributed by atoms with van der Waals surface area (Å²) in [6.07, 6.45) is 2.96. The van der Waals surface area contributed by atoms with Gasteiger partial charge in [0.05, 0.1) is 12.7 Å². The highest BCUT2D eigenvalue weighted by molar-refractivity contribution is 4.58. The Morgan fingerprint density at radius 3 is 2.77 bits per heavy atom. The second-order valence-corrected chi connectivity index (χ2v) is 3.20. The zero-order valence-corrected chi connectivity index (χ0v) is 8.88. The molecule has 0 aromatic carbocycles. The quantitative estimate of drug-likeness (QED) is 0.535. The smallest absolute Gasteiger partial charge is 0.0664 e. The van der Waals surface area contributed by atoms with E-state index in [9.17, 15) is 5.11 Å². The zero-order valence-electron chi connectivity index (χ0n) is 8.88. The van der Waals surface area contributed by atoms with E-state index in [-0.39, 0.29) is 6.10 Å². The van der Waals surface area contributed by atoms with E-state index in [0.29, 0.717) is 6.54 Å². The fourth-order valence-corrected chi connectivity index (χ4v) is 1.10. The molecule has 0 saturated carbocycles. The summed E-state index contributed by atoms with van der Waals surface area (Å²) in [6.45, 7) is 7.13. The first-order valence-electron chi connectivity index (χ1n) is 5.27. The van der Waals surface area contributed by atoms with E-state index < -0.39 is 0 Å². The van der Waals surface area contributed by atoms with Crippen LogP contribution in [0.1, 0.15) is 33.1 Å². The number of aliphatic hydroxyl groups excluding tert-OH is 1. The Labute approximate surface area is 81.5 Å². The molecule has 0 amide bonds. The number of hydrogen-bond donors (Lipinski definition) is 2. The summed E-state index contributed by atoms with van der Waals surface area (Å²) in [4.78, 5) is 0. The van der Waals surface area contributed by atoms with Crippen LogP contribution in [0.2, 0.25) is 0 Å². The zero-order chi connectivity index (χ0) is 9.94. The van der Waals surface area contributed by atoms with Gasteiger partial charge in [0.1, 0.15) is 0 Å². The molecule has 0 aromatic heterocycles. The van der Waals surface area contributed by atoms with Crippen molar-refractivity contribution in [1.82, 2.24) is 5.32 Å². The molecule has 0 rings (SSSR count). The predicted molar refractivity (Wildman–Crippen MR) is 54.9 cm³/mol. The van der Waals surface area contributed by atoms with Gasteiger partial charge < -0.3 is 15.2 Å². The summed E-state index contributed by atoms with van der Waals surface area (Å²) in [7, 11) is 0. The van der Waals surface area contributed by atoms with Crippen LogP contribution in [0.3, 0.4) is 0 Å². The van der Waals surface area contributed by atoms with Gasteiger partial charge in [0.25, 0.3) is 0 Å². The number of nitrogens with one attached hydrogen (secondary N) is 1. The van der Waals surface area contributed by atoms with E-state index in [0.717, 1.165) is 39.0 Å². The highest BCUT2D eigenvalue weighted by Gasteiger charge is 2.01. The fraction of sp³-hybridized carbons (Fsp3) is 1.00. The van der Waals surface area contributed by atoms with Gasteiger partial charge in [-0.25, -0.2) is 0 Å². The second-order valence-electron chi connectivity index (χ2n) is 3.20. The van der Waals surface area contributed by atoms with Gasteiger partial charge in [0, 0.05) is 19.7 Å². The summed E-state index contributed by atoms with van der Waals surface area (Å²) < 4.78 is 5.15. The Kier molecular flexibility index (Phi) is 9.87. The second kappa shape index (κ2) is 9.96. The van der Waals surface area contributed by atoms with Crippen molar-refractivity contribution in [3.63, 3.8) is 0 Å². The molecule has 0 bridgehead atoms. The standard InChI is InChI=1S/C10H23NO2/c1-3-5-6-10(12)9-11-7-8-13-4-2/h10-12H,3-9H2,1-2H3. The molecule has 1 unspecified atom stereocenters.